The SMILES string of the molecule is N=C1CCc2c(ccc3ccccc23)C1=O. The number of hydrogen-bond acceptors (Lipinski definition) is 2. The molecule has 0 heterocycles. The first kappa shape index (κ1) is 9.28. The van der Waals surface area contributed by atoms with Crippen LogP contribution in [-0.2, 0) is 6.42 Å². The Hall–Kier alpha value is -1.96. The first-order valence-corrected chi connectivity index (χ1v) is 5.40. The van der Waals surface area contributed by atoms with Crippen LogP contribution in [0.5, 0.6) is 0 Å². The second-order valence-corrected chi connectivity index (χ2v) is 4.12. The van der Waals surface area contributed by atoms with Crippen molar-refractivity contribution in [2.75, 3.05) is 0 Å². The van der Waals surface area contributed by atoms with E-state index in [0.29, 0.717) is 6.42 Å². The fourth-order valence-electron chi connectivity index (χ4n) is 2.34. The maximum absolute atomic E-state index is 11.8. The van der Waals surface area contributed by atoms with Crippen LogP contribution in [0.25, 0.3) is 10.8 Å². The Labute approximate surface area is 93.4 Å². The molecule has 0 bridgehead atoms. The molecule has 0 spiro atoms. The normalized spacial score (nSPS) is 15.2. The van der Waals surface area contributed by atoms with E-state index in [1.54, 1.807) is 0 Å². The van der Waals surface area contributed by atoms with Crippen LogP contribution in [-0.4, -0.2) is 11.5 Å². The molecule has 0 unspecified atom stereocenters. The lowest BCUT2D eigenvalue weighted by molar-refractivity contribution is 0.105. The molecule has 3 rings (SSSR count). The molecule has 0 aromatic heterocycles. The van der Waals surface area contributed by atoms with E-state index in [-0.39, 0.29) is 11.5 Å². The van der Waals surface area contributed by atoms with Gasteiger partial charge in [0.05, 0.1) is 5.71 Å². The fraction of sp³-hybridized carbons (Fsp3) is 0.143. The van der Waals surface area contributed by atoms with Crippen molar-refractivity contribution < 1.29 is 4.79 Å². The summed E-state index contributed by atoms with van der Waals surface area (Å²) in [4.78, 5) is 11.8. The molecule has 78 valence electrons. The first-order valence-electron chi connectivity index (χ1n) is 5.40. The number of hydrogen-bond donors (Lipinski definition) is 1. The molecule has 1 N–H and O–H groups in total. The van der Waals surface area contributed by atoms with E-state index < -0.39 is 0 Å². The first-order chi connectivity index (χ1) is 7.77. The Morgan fingerprint density at radius 1 is 1.00 bits per heavy atom. The summed E-state index contributed by atoms with van der Waals surface area (Å²) in [6.07, 6.45) is 1.38. The third-order valence-corrected chi connectivity index (χ3v) is 3.18. The zero-order chi connectivity index (χ0) is 11.1. The molecule has 0 radical (unpaired) electrons. The van der Waals surface area contributed by atoms with E-state index in [1.807, 2.05) is 24.3 Å². The summed E-state index contributed by atoms with van der Waals surface area (Å²) < 4.78 is 0. The highest BCUT2D eigenvalue weighted by Crippen LogP contribution is 2.27. The van der Waals surface area contributed by atoms with Crippen molar-refractivity contribution in [3.05, 3.63) is 47.5 Å². The Bertz CT molecular complexity index is 613. The highest BCUT2D eigenvalue weighted by Gasteiger charge is 2.23. The van der Waals surface area contributed by atoms with Gasteiger partial charge in [-0.05, 0) is 29.2 Å². The van der Waals surface area contributed by atoms with Crippen molar-refractivity contribution in [2.45, 2.75) is 12.8 Å². The minimum Gasteiger partial charge on any atom is -0.301 e. The van der Waals surface area contributed by atoms with Gasteiger partial charge in [0.25, 0.3) is 0 Å². The Balaban J connectivity index is 2.36. The van der Waals surface area contributed by atoms with Gasteiger partial charge in [0.2, 0.25) is 5.78 Å². The lowest BCUT2D eigenvalue weighted by atomic mass is 9.86. The number of Topliss-reactive ketones (excluding diaryl/α,β-unsaturated/α-hetero) is 1. The Morgan fingerprint density at radius 2 is 1.81 bits per heavy atom. The maximum Gasteiger partial charge on any atom is 0.206 e. The molecule has 2 aromatic rings. The van der Waals surface area contributed by atoms with Gasteiger partial charge in [-0.2, -0.15) is 0 Å². The summed E-state index contributed by atoms with van der Waals surface area (Å²) in [6, 6.07) is 11.9. The molecular formula is C14H11NO. The van der Waals surface area contributed by atoms with E-state index in [1.165, 1.54) is 5.39 Å². The van der Waals surface area contributed by atoms with E-state index in [0.717, 1.165) is 22.9 Å². The Kier molecular flexibility index (Phi) is 1.90. The minimum atomic E-state index is -0.105. The lowest BCUT2D eigenvalue weighted by Crippen LogP contribution is -2.21. The second kappa shape index (κ2) is 3.27. The maximum atomic E-state index is 11.8. The molecule has 2 nitrogen and oxygen atoms in total. The summed E-state index contributed by atoms with van der Waals surface area (Å²) in [5, 5.41) is 9.91. The van der Waals surface area contributed by atoms with Crippen molar-refractivity contribution in [3.63, 3.8) is 0 Å². The van der Waals surface area contributed by atoms with Crippen LogP contribution >= 0.6 is 0 Å². The fourth-order valence-corrected chi connectivity index (χ4v) is 2.34. The number of fused-ring (bicyclic) bond motifs is 3. The third kappa shape index (κ3) is 1.20. The smallest absolute Gasteiger partial charge is 0.206 e. The number of carbonyl (C=O) groups excluding carboxylic acids is 1. The topological polar surface area (TPSA) is 40.9 Å². The third-order valence-electron chi connectivity index (χ3n) is 3.18. The predicted octanol–water partition coefficient (Wildman–Crippen LogP) is 2.99. The average molecular weight is 209 g/mol. The van der Waals surface area contributed by atoms with Crippen molar-refractivity contribution in [3.8, 4) is 0 Å². The number of benzene rings is 2. The van der Waals surface area contributed by atoms with Gasteiger partial charge in [-0.15, -0.1) is 0 Å². The van der Waals surface area contributed by atoms with Crippen LogP contribution in [0.2, 0.25) is 0 Å². The predicted molar refractivity (Wildman–Crippen MR) is 64.3 cm³/mol. The van der Waals surface area contributed by atoms with Gasteiger partial charge in [0.1, 0.15) is 0 Å². The largest absolute Gasteiger partial charge is 0.301 e. The van der Waals surface area contributed by atoms with Gasteiger partial charge in [0, 0.05) is 5.56 Å². The van der Waals surface area contributed by atoms with E-state index in [9.17, 15) is 4.79 Å². The zero-order valence-electron chi connectivity index (χ0n) is 8.79. The van der Waals surface area contributed by atoms with Crippen LogP contribution in [0, 0.1) is 5.41 Å². The van der Waals surface area contributed by atoms with Crippen molar-refractivity contribution >= 4 is 22.3 Å². The second-order valence-electron chi connectivity index (χ2n) is 4.12. The molecule has 1 aliphatic carbocycles. The summed E-state index contributed by atoms with van der Waals surface area (Å²) in [5.74, 6) is -0.105. The molecule has 2 heteroatoms. The minimum absolute atomic E-state index is 0.105. The van der Waals surface area contributed by atoms with Crippen LogP contribution in [0.3, 0.4) is 0 Å². The molecule has 0 fully saturated rings. The average Bonchev–Trinajstić information content (AvgIpc) is 2.33. The summed E-state index contributed by atoms with van der Waals surface area (Å²) in [7, 11) is 0. The molecule has 0 saturated carbocycles. The number of ketones is 1. The van der Waals surface area contributed by atoms with Gasteiger partial charge in [-0.3, -0.25) is 4.79 Å². The number of nitrogens with one attached hydrogen (secondary N) is 1. The number of aryl methyl sites for hydroxylation is 1. The molecule has 1 aliphatic rings. The molecule has 0 saturated heterocycles. The summed E-state index contributed by atoms with van der Waals surface area (Å²) in [6.45, 7) is 0. The zero-order valence-corrected chi connectivity index (χ0v) is 8.79. The quantitative estimate of drug-likeness (QED) is 0.712. The Morgan fingerprint density at radius 3 is 2.69 bits per heavy atom. The summed E-state index contributed by atoms with van der Waals surface area (Å²) >= 11 is 0. The van der Waals surface area contributed by atoms with Gasteiger partial charge in [-0.25, -0.2) is 0 Å². The monoisotopic (exact) mass is 209 g/mol. The van der Waals surface area contributed by atoms with Crippen molar-refractivity contribution in [1.82, 2.24) is 0 Å². The van der Waals surface area contributed by atoms with E-state index >= 15 is 0 Å². The highest BCUT2D eigenvalue weighted by molar-refractivity contribution is 6.46. The van der Waals surface area contributed by atoms with Crippen LogP contribution in [0.4, 0.5) is 0 Å². The molecule has 2 aromatic carbocycles. The van der Waals surface area contributed by atoms with Gasteiger partial charge in [0.15, 0.2) is 0 Å². The summed E-state index contributed by atoms with van der Waals surface area (Å²) in [5.41, 5.74) is 2.07. The molecular weight excluding hydrogens is 198 g/mol. The van der Waals surface area contributed by atoms with Crippen molar-refractivity contribution in [1.29, 1.82) is 5.41 Å². The van der Waals surface area contributed by atoms with E-state index in [4.69, 9.17) is 5.41 Å². The standard InChI is InChI=1S/C14H11NO/c15-13-8-7-11-10-4-2-1-3-9(10)5-6-12(11)14(13)16/h1-6,15H,7-8H2. The molecule has 16 heavy (non-hydrogen) atoms. The molecule has 0 atom stereocenters. The van der Waals surface area contributed by atoms with Gasteiger partial charge < -0.3 is 5.41 Å². The van der Waals surface area contributed by atoms with Crippen LogP contribution in [0.1, 0.15) is 22.3 Å². The number of carbonyl (C=O) groups is 1. The molecule has 0 aliphatic heterocycles. The number of rotatable bonds is 0. The van der Waals surface area contributed by atoms with E-state index in [2.05, 4.69) is 12.1 Å². The highest BCUT2D eigenvalue weighted by atomic mass is 16.1. The molecule has 0 amide bonds. The van der Waals surface area contributed by atoms with Gasteiger partial charge in [-0.1, -0.05) is 36.4 Å². The van der Waals surface area contributed by atoms with Crippen LogP contribution < -0.4 is 0 Å². The van der Waals surface area contributed by atoms with Crippen molar-refractivity contribution in [2.24, 2.45) is 0 Å². The van der Waals surface area contributed by atoms with Crippen LogP contribution in [0.15, 0.2) is 36.4 Å². The van der Waals surface area contributed by atoms with Gasteiger partial charge >= 0.3 is 0 Å². The lowest BCUT2D eigenvalue weighted by Gasteiger charge is -2.17.